The third kappa shape index (κ3) is 4.22. The van der Waals surface area contributed by atoms with E-state index in [4.69, 9.17) is 0 Å². The molecule has 120 valence electrons. The quantitative estimate of drug-likeness (QED) is 0.664. The van der Waals surface area contributed by atoms with Crippen LogP contribution < -0.4 is 10.6 Å². The fraction of sp³-hybridized carbons (Fsp3) is 0.133. The molecule has 0 fully saturated rings. The van der Waals surface area contributed by atoms with E-state index in [1.807, 2.05) is 0 Å². The Labute approximate surface area is 130 Å². The maximum Gasteiger partial charge on any atom is 0.319 e. The first-order valence-corrected chi connectivity index (χ1v) is 6.63. The number of benzene rings is 2. The lowest BCUT2D eigenvalue weighted by atomic mass is 10.1. The fourth-order valence-electron chi connectivity index (χ4n) is 1.90. The van der Waals surface area contributed by atoms with Crippen LogP contribution in [-0.4, -0.2) is 11.0 Å². The van der Waals surface area contributed by atoms with Crippen LogP contribution in [0.3, 0.4) is 0 Å². The molecule has 1 atom stereocenters. The van der Waals surface area contributed by atoms with Gasteiger partial charge in [-0.05, 0) is 36.8 Å². The van der Waals surface area contributed by atoms with Gasteiger partial charge in [0.25, 0.3) is 5.69 Å². The molecule has 0 aliphatic carbocycles. The summed E-state index contributed by atoms with van der Waals surface area (Å²) in [4.78, 5) is 21.8. The number of urea groups is 1. The molecule has 2 aromatic rings. The van der Waals surface area contributed by atoms with E-state index in [2.05, 4.69) is 10.6 Å². The van der Waals surface area contributed by atoms with Crippen molar-refractivity contribution in [3.05, 3.63) is 69.8 Å². The van der Waals surface area contributed by atoms with Crippen molar-refractivity contribution in [1.29, 1.82) is 0 Å². The van der Waals surface area contributed by atoms with Gasteiger partial charge in [0, 0.05) is 17.8 Å². The number of nitrogens with zero attached hydrogens (tertiary/aromatic N) is 1. The maximum absolute atomic E-state index is 13.2. The Morgan fingerprint density at radius 1 is 1.13 bits per heavy atom. The molecule has 0 aromatic heterocycles. The molecule has 0 saturated heterocycles. The van der Waals surface area contributed by atoms with Crippen molar-refractivity contribution >= 4 is 17.4 Å². The van der Waals surface area contributed by atoms with Crippen molar-refractivity contribution < 1.29 is 18.5 Å². The molecule has 0 spiro atoms. The molecule has 2 rings (SSSR count). The van der Waals surface area contributed by atoms with Crippen LogP contribution in [0.4, 0.5) is 25.0 Å². The molecular weight excluding hydrogens is 308 g/mol. The highest BCUT2D eigenvalue weighted by Crippen LogP contribution is 2.17. The summed E-state index contributed by atoms with van der Waals surface area (Å²) in [6.45, 7) is 1.61. The monoisotopic (exact) mass is 321 g/mol. The average molecular weight is 321 g/mol. The molecule has 0 aliphatic rings. The molecule has 2 amide bonds. The van der Waals surface area contributed by atoms with Crippen LogP contribution in [0.1, 0.15) is 18.5 Å². The summed E-state index contributed by atoms with van der Waals surface area (Å²) in [6.07, 6.45) is 0. The number of halogens is 2. The van der Waals surface area contributed by atoms with Crippen LogP contribution in [0.25, 0.3) is 0 Å². The lowest BCUT2D eigenvalue weighted by Gasteiger charge is -2.15. The summed E-state index contributed by atoms with van der Waals surface area (Å²) in [6, 6.07) is 7.53. The number of hydrogen-bond donors (Lipinski definition) is 2. The molecule has 6 nitrogen and oxygen atoms in total. The van der Waals surface area contributed by atoms with Gasteiger partial charge in [-0.1, -0.05) is 6.07 Å². The molecule has 0 radical (unpaired) electrons. The number of anilines is 1. The van der Waals surface area contributed by atoms with Crippen LogP contribution in [0.2, 0.25) is 0 Å². The number of rotatable bonds is 4. The van der Waals surface area contributed by atoms with Gasteiger partial charge >= 0.3 is 6.03 Å². The van der Waals surface area contributed by atoms with E-state index in [0.29, 0.717) is 11.3 Å². The summed E-state index contributed by atoms with van der Waals surface area (Å²) in [5.74, 6) is -1.96. The van der Waals surface area contributed by atoms with Crippen LogP contribution >= 0.6 is 0 Å². The van der Waals surface area contributed by atoms with Crippen LogP contribution in [-0.2, 0) is 0 Å². The minimum absolute atomic E-state index is 0.0916. The van der Waals surface area contributed by atoms with E-state index in [0.717, 1.165) is 12.1 Å². The van der Waals surface area contributed by atoms with Gasteiger partial charge < -0.3 is 10.6 Å². The topological polar surface area (TPSA) is 84.3 Å². The summed E-state index contributed by atoms with van der Waals surface area (Å²) in [7, 11) is 0. The highest BCUT2D eigenvalue weighted by atomic mass is 19.2. The van der Waals surface area contributed by atoms with E-state index in [9.17, 15) is 23.7 Å². The summed E-state index contributed by atoms with van der Waals surface area (Å²) >= 11 is 0. The van der Waals surface area contributed by atoms with Gasteiger partial charge in [-0.2, -0.15) is 0 Å². The average Bonchev–Trinajstić information content (AvgIpc) is 2.50. The third-order valence-corrected chi connectivity index (χ3v) is 3.13. The number of nitro benzene ring substituents is 1. The highest BCUT2D eigenvalue weighted by molar-refractivity contribution is 5.89. The Bertz CT molecular complexity index is 735. The predicted molar refractivity (Wildman–Crippen MR) is 80.0 cm³/mol. The number of carbonyl (C=O) groups excluding carboxylic acids is 1. The van der Waals surface area contributed by atoms with Gasteiger partial charge in [0.2, 0.25) is 0 Å². The molecule has 0 aliphatic heterocycles. The lowest BCUT2D eigenvalue weighted by Crippen LogP contribution is -2.31. The molecule has 0 heterocycles. The van der Waals surface area contributed by atoms with Crippen LogP contribution in [0.5, 0.6) is 0 Å². The Hall–Kier alpha value is -3.03. The Kier molecular flexibility index (Phi) is 4.85. The van der Waals surface area contributed by atoms with E-state index < -0.39 is 28.6 Å². The molecule has 0 saturated carbocycles. The zero-order valence-corrected chi connectivity index (χ0v) is 12.0. The normalized spacial score (nSPS) is 11.6. The molecule has 2 N–H and O–H groups in total. The van der Waals surface area contributed by atoms with Crippen molar-refractivity contribution in [2.45, 2.75) is 13.0 Å². The van der Waals surface area contributed by atoms with Crippen molar-refractivity contribution in [2.24, 2.45) is 0 Å². The summed E-state index contributed by atoms with van der Waals surface area (Å²) in [5, 5.41) is 15.6. The molecule has 0 bridgehead atoms. The number of hydrogen-bond acceptors (Lipinski definition) is 3. The van der Waals surface area contributed by atoms with Crippen LogP contribution in [0.15, 0.2) is 42.5 Å². The minimum Gasteiger partial charge on any atom is -0.331 e. The summed E-state index contributed by atoms with van der Waals surface area (Å²) < 4.78 is 26.0. The van der Waals surface area contributed by atoms with Crippen molar-refractivity contribution in [3.8, 4) is 0 Å². The SMILES string of the molecule is CC(NC(=O)Nc1ccc([N+](=O)[O-])cc1)c1ccc(F)c(F)c1. The van der Waals surface area contributed by atoms with Crippen molar-refractivity contribution in [1.82, 2.24) is 5.32 Å². The maximum atomic E-state index is 13.2. The predicted octanol–water partition coefficient (Wildman–Crippen LogP) is 3.76. The van der Waals surface area contributed by atoms with Gasteiger partial charge in [0.15, 0.2) is 11.6 Å². The first kappa shape index (κ1) is 16.3. The van der Waals surface area contributed by atoms with Gasteiger partial charge in [0.1, 0.15) is 0 Å². The van der Waals surface area contributed by atoms with Crippen molar-refractivity contribution in [2.75, 3.05) is 5.32 Å². The Morgan fingerprint density at radius 2 is 1.78 bits per heavy atom. The molecule has 8 heteroatoms. The first-order chi connectivity index (χ1) is 10.9. The third-order valence-electron chi connectivity index (χ3n) is 3.13. The number of non-ortho nitro benzene ring substituents is 1. The Morgan fingerprint density at radius 3 is 2.35 bits per heavy atom. The Balaban J connectivity index is 1.98. The molecular formula is C15H13F2N3O3. The van der Waals surface area contributed by atoms with Gasteiger partial charge in [-0.3, -0.25) is 10.1 Å². The van der Waals surface area contributed by atoms with Gasteiger partial charge in [-0.15, -0.1) is 0 Å². The summed E-state index contributed by atoms with van der Waals surface area (Å²) in [5.41, 5.74) is 0.680. The standard InChI is InChI=1S/C15H13F2N3O3/c1-9(10-2-7-13(16)14(17)8-10)18-15(21)19-11-3-5-12(6-4-11)20(22)23/h2-9H,1H3,(H2,18,19,21). The van der Waals surface area contributed by atoms with Gasteiger partial charge in [0.05, 0.1) is 11.0 Å². The number of carbonyl (C=O) groups is 1. The van der Waals surface area contributed by atoms with E-state index in [1.54, 1.807) is 6.92 Å². The second kappa shape index (κ2) is 6.82. The fourth-order valence-corrected chi connectivity index (χ4v) is 1.90. The highest BCUT2D eigenvalue weighted by Gasteiger charge is 2.12. The van der Waals surface area contributed by atoms with Crippen molar-refractivity contribution in [3.63, 3.8) is 0 Å². The van der Waals surface area contributed by atoms with E-state index in [-0.39, 0.29) is 5.69 Å². The largest absolute Gasteiger partial charge is 0.331 e. The number of amides is 2. The number of nitrogens with one attached hydrogen (secondary N) is 2. The van der Waals surface area contributed by atoms with E-state index in [1.165, 1.54) is 30.3 Å². The molecule has 23 heavy (non-hydrogen) atoms. The number of nitro groups is 1. The van der Waals surface area contributed by atoms with Gasteiger partial charge in [-0.25, -0.2) is 13.6 Å². The second-order valence-corrected chi connectivity index (χ2v) is 4.80. The zero-order chi connectivity index (χ0) is 17.0. The lowest BCUT2D eigenvalue weighted by molar-refractivity contribution is -0.384. The minimum atomic E-state index is -0.994. The second-order valence-electron chi connectivity index (χ2n) is 4.80. The molecule has 1 unspecified atom stereocenters. The van der Waals surface area contributed by atoms with E-state index >= 15 is 0 Å². The zero-order valence-electron chi connectivity index (χ0n) is 12.0. The molecule has 2 aromatic carbocycles. The smallest absolute Gasteiger partial charge is 0.319 e. The first-order valence-electron chi connectivity index (χ1n) is 6.63. The van der Waals surface area contributed by atoms with Crippen LogP contribution in [0, 0.1) is 21.7 Å².